The highest BCUT2D eigenvalue weighted by molar-refractivity contribution is 6.42. The van der Waals surface area contributed by atoms with Crippen LogP contribution in [-0.4, -0.2) is 15.7 Å². The standard InChI is InChI=1S/C17H13Cl2N3O/c1-11-8-9-22(21-11)14-5-3-13(4-6-14)20-17(23)12-2-7-15(18)16(19)10-12/h2-10H,1H3,(H,20,23). The molecular formula is C17H13Cl2N3O. The molecule has 116 valence electrons. The molecule has 0 aliphatic carbocycles. The number of halogens is 2. The zero-order valence-electron chi connectivity index (χ0n) is 12.3. The third-order valence-electron chi connectivity index (χ3n) is 3.29. The summed E-state index contributed by atoms with van der Waals surface area (Å²) in [7, 11) is 0. The quantitative estimate of drug-likeness (QED) is 0.745. The van der Waals surface area contributed by atoms with E-state index in [0.29, 0.717) is 21.3 Å². The van der Waals surface area contributed by atoms with Crippen molar-refractivity contribution < 1.29 is 4.79 Å². The molecule has 0 radical (unpaired) electrons. The molecule has 3 rings (SSSR count). The van der Waals surface area contributed by atoms with Crippen LogP contribution in [0.2, 0.25) is 10.0 Å². The van der Waals surface area contributed by atoms with Crippen molar-refractivity contribution in [3.63, 3.8) is 0 Å². The molecule has 0 saturated heterocycles. The molecule has 0 fully saturated rings. The van der Waals surface area contributed by atoms with Gasteiger partial charge < -0.3 is 5.32 Å². The lowest BCUT2D eigenvalue weighted by molar-refractivity contribution is 0.102. The topological polar surface area (TPSA) is 46.9 Å². The van der Waals surface area contributed by atoms with E-state index in [0.717, 1.165) is 11.4 Å². The van der Waals surface area contributed by atoms with Crippen LogP contribution in [0.25, 0.3) is 5.69 Å². The smallest absolute Gasteiger partial charge is 0.255 e. The molecule has 6 heteroatoms. The Kier molecular flexibility index (Phi) is 4.37. The Balaban J connectivity index is 1.75. The molecule has 3 aromatic rings. The lowest BCUT2D eigenvalue weighted by Gasteiger charge is -2.07. The highest BCUT2D eigenvalue weighted by Crippen LogP contribution is 2.23. The van der Waals surface area contributed by atoms with Crippen molar-refractivity contribution in [2.75, 3.05) is 5.32 Å². The SMILES string of the molecule is Cc1ccn(-c2ccc(NC(=O)c3ccc(Cl)c(Cl)c3)cc2)n1. The van der Waals surface area contributed by atoms with Crippen molar-refractivity contribution in [2.24, 2.45) is 0 Å². The highest BCUT2D eigenvalue weighted by atomic mass is 35.5. The van der Waals surface area contributed by atoms with Crippen LogP contribution in [0.3, 0.4) is 0 Å². The van der Waals surface area contributed by atoms with Gasteiger partial charge >= 0.3 is 0 Å². The van der Waals surface area contributed by atoms with E-state index in [4.69, 9.17) is 23.2 Å². The Labute approximate surface area is 143 Å². The highest BCUT2D eigenvalue weighted by Gasteiger charge is 2.08. The van der Waals surface area contributed by atoms with Crippen molar-refractivity contribution >= 4 is 34.8 Å². The number of anilines is 1. The minimum absolute atomic E-state index is 0.244. The van der Waals surface area contributed by atoms with Crippen LogP contribution < -0.4 is 5.32 Å². The van der Waals surface area contributed by atoms with Gasteiger partial charge in [0.15, 0.2) is 0 Å². The molecule has 0 aliphatic heterocycles. The fourth-order valence-corrected chi connectivity index (χ4v) is 2.40. The first-order valence-electron chi connectivity index (χ1n) is 6.92. The second kappa shape index (κ2) is 6.44. The van der Waals surface area contributed by atoms with Crippen LogP contribution in [0, 0.1) is 6.92 Å². The largest absolute Gasteiger partial charge is 0.322 e. The van der Waals surface area contributed by atoms with Gasteiger partial charge in [0, 0.05) is 17.4 Å². The molecule has 1 aromatic heterocycles. The third kappa shape index (κ3) is 3.55. The van der Waals surface area contributed by atoms with E-state index in [2.05, 4.69) is 10.4 Å². The van der Waals surface area contributed by atoms with Crippen molar-refractivity contribution in [3.8, 4) is 5.69 Å². The van der Waals surface area contributed by atoms with Crippen LogP contribution >= 0.6 is 23.2 Å². The average Bonchev–Trinajstić information content (AvgIpc) is 2.97. The molecule has 2 aromatic carbocycles. The van der Waals surface area contributed by atoms with Gasteiger partial charge in [0.1, 0.15) is 0 Å². The zero-order chi connectivity index (χ0) is 16.4. The number of nitrogens with one attached hydrogen (secondary N) is 1. The van der Waals surface area contributed by atoms with Crippen LogP contribution in [0.1, 0.15) is 16.1 Å². The van der Waals surface area contributed by atoms with Gasteiger partial charge in [-0.25, -0.2) is 4.68 Å². The first-order chi connectivity index (χ1) is 11.0. The fraction of sp³-hybridized carbons (Fsp3) is 0.0588. The number of carbonyl (C=O) groups excluding carboxylic acids is 1. The molecule has 1 N–H and O–H groups in total. The van der Waals surface area contributed by atoms with E-state index in [1.165, 1.54) is 0 Å². The number of benzene rings is 2. The van der Waals surface area contributed by atoms with Gasteiger partial charge in [0.05, 0.1) is 21.4 Å². The maximum Gasteiger partial charge on any atom is 0.255 e. The first-order valence-corrected chi connectivity index (χ1v) is 7.67. The van der Waals surface area contributed by atoms with Gasteiger partial charge in [-0.05, 0) is 55.5 Å². The Morgan fingerprint density at radius 3 is 2.39 bits per heavy atom. The van der Waals surface area contributed by atoms with Gasteiger partial charge in [0.25, 0.3) is 5.91 Å². The van der Waals surface area contributed by atoms with Crippen LogP contribution in [-0.2, 0) is 0 Å². The number of aromatic nitrogens is 2. The van der Waals surface area contributed by atoms with Crippen LogP contribution in [0.15, 0.2) is 54.7 Å². The molecule has 0 spiro atoms. The molecule has 23 heavy (non-hydrogen) atoms. The number of hydrogen-bond donors (Lipinski definition) is 1. The van der Waals surface area contributed by atoms with E-state index in [-0.39, 0.29) is 5.91 Å². The molecule has 0 aliphatic rings. The summed E-state index contributed by atoms with van der Waals surface area (Å²) in [6.07, 6.45) is 1.89. The van der Waals surface area contributed by atoms with Gasteiger partial charge in [-0.3, -0.25) is 4.79 Å². The third-order valence-corrected chi connectivity index (χ3v) is 4.03. The molecule has 1 amide bonds. The maximum absolute atomic E-state index is 12.2. The van der Waals surface area contributed by atoms with Crippen molar-refractivity contribution in [3.05, 3.63) is 76.0 Å². The summed E-state index contributed by atoms with van der Waals surface area (Å²) < 4.78 is 1.78. The molecular weight excluding hydrogens is 333 g/mol. The second-order valence-electron chi connectivity index (χ2n) is 5.03. The van der Waals surface area contributed by atoms with Gasteiger partial charge in [-0.2, -0.15) is 5.10 Å². The Morgan fingerprint density at radius 1 is 1.04 bits per heavy atom. The molecule has 0 bridgehead atoms. The van der Waals surface area contributed by atoms with Gasteiger partial charge in [0.2, 0.25) is 0 Å². The molecule has 0 saturated carbocycles. The lowest BCUT2D eigenvalue weighted by atomic mass is 10.2. The average molecular weight is 346 g/mol. The Bertz CT molecular complexity index is 857. The Morgan fingerprint density at radius 2 is 1.78 bits per heavy atom. The normalized spacial score (nSPS) is 10.6. The number of carbonyl (C=O) groups is 1. The first kappa shape index (κ1) is 15.6. The van der Waals surface area contributed by atoms with Crippen molar-refractivity contribution in [1.82, 2.24) is 9.78 Å². The summed E-state index contributed by atoms with van der Waals surface area (Å²) in [5.74, 6) is -0.244. The number of hydrogen-bond acceptors (Lipinski definition) is 2. The van der Waals surface area contributed by atoms with E-state index in [1.54, 1.807) is 22.9 Å². The number of aryl methyl sites for hydroxylation is 1. The summed E-state index contributed by atoms with van der Waals surface area (Å²) in [6.45, 7) is 1.93. The number of nitrogens with zero attached hydrogens (tertiary/aromatic N) is 2. The van der Waals surface area contributed by atoms with E-state index < -0.39 is 0 Å². The predicted octanol–water partition coefficient (Wildman–Crippen LogP) is 4.74. The predicted molar refractivity (Wildman–Crippen MR) is 92.7 cm³/mol. The summed E-state index contributed by atoms with van der Waals surface area (Å²) in [5.41, 5.74) is 3.01. The summed E-state index contributed by atoms with van der Waals surface area (Å²) >= 11 is 11.8. The molecule has 0 unspecified atom stereocenters. The molecule has 4 nitrogen and oxygen atoms in total. The molecule has 1 heterocycles. The van der Waals surface area contributed by atoms with E-state index in [1.807, 2.05) is 43.5 Å². The lowest BCUT2D eigenvalue weighted by Crippen LogP contribution is -2.11. The van der Waals surface area contributed by atoms with Crippen LogP contribution in [0.4, 0.5) is 5.69 Å². The minimum atomic E-state index is -0.244. The van der Waals surface area contributed by atoms with Crippen LogP contribution in [0.5, 0.6) is 0 Å². The zero-order valence-corrected chi connectivity index (χ0v) is 13.8. The van der Waals surface area contributed by atoms with E-state index in [9.17, 15) is 4.79 Å². The number of amides is 1. The fourth-order valence-electron chi connectivity index (χ4n) is 2.10. The van der Waals surface area contributed by atoms with Crippen molar-refractivity contribution in [1.29, 1.82) is 0 Å². The second-order valence-corrected chi connectivity index (χ2v) is 5.85. The van der Waals surface area contributed by atoms with Gasteiger partial charge in [-0.15, -0.1) is 0 Å². The van der Waals surface area contributed by atoms with E-state index >= 15 is 0 Å². The Hall–Kier alpha value is -2.30. The summed E-state index contributed by atoms with van der Waals surface area (Å²) in [4.78, 5) is 12.2. The van der Waals surface area contributed by atoms with Gasteiger partial charge in [-0.1, -0.05) is 23.2 Å². The number of rotatable bonds is 3. The monoisotopic (exact) mass is 345 g/mol. The minimum Gasteiger partial charge on any atom is -0.322 e. The maximum atomic E-state index is 12.2. The summed E-state index contributed by atoms with van der Waals surface area (Å²) in [5, 5.41) is 7.93. The molecule has 0 atom stereocenters. The summed E-state index contributed by atoms with van der Waals surface area (Å²) in [6, 6.07) is 14.1. The van der Waals surface area contributed by atoms with Crippen molar-refractivity contribution in [2.45, 2.75) is 6.92 Å².